The van der Waals surface area contributed by atoms with Gasteiger partial charge in [0.15, 0.2) is 0 Å². The highest BCUT2D eigenvalue weighted by atomic mass is 16.2. The Morgan fingerprint density at radius 3 is 2.55 bits per heavy atom. The number of hydrogen-bond donors (Lipinski definition) is 0. The lowest BCUT2D eigenvalue weighted by atomic mass is 10.0. The van der Waals surface area contributed by atoms with Crippen LogP contribution in [0.1, 0.15) is 25.7 Å². The van der Waals surface area contributed by atoms with Gasteiger partial charge < -0.3 is 4.90 Å². The number of hydrogen-bond acceptors (Lipinski definition) is 1. The lowest BCUT2D eigenvalue weighted by molar-refractivity contribution is -0.129. The zero-order chi connectivity index (χ0) is 8.27. The van der Waals surface area contributed by atoms with Crippen molar-refractivity contribution < 1.29 is 4.79 Å². The molecule has 0 saturated heterocycles. The standard InChI is InChI=1S/C8H14BNO/c1-10(8(11)6-9)7-4-2-3-5-7/h7H,2-6H2,1H3. The first-order valence-electron chi connectivity index (χ1n) is 4.21. The Bertz CT molecular complexity index is 143. The van der Waals surface area contributed by atoms with E-state index in [1.54, 1.807) is 4.90 Å². The minimum atomic E-state index is 0.0666. The summed E-state index contributed by atoms with van der Waals surface area (Å²) >= 11 is 0. The maximum Gasteiger partial charge on any atom is 0.213 e. The summed E-state index contributed by atoms with van der Waals surface area (Å²) < 4.78 is 0. The van der Waals surface area contributed by atoms with Crippen LogP contribution < -0.4 is 0 Å². The molecular weight excluding hydrogens is 137 g/mol. The Balaban J connectivity index is 2.39. The van der Waals surface area contributed by atoms with Crippen LogP contribution in [0.15, 0.2) is 0 Å². The molecule has 2 nitrogen and oxygen atoms in total. The maximum atomic E-state index is 11.1. The Hall–Kier alpha value is -0.465. The fourth-order valence-electron chi connectivity index (χ4n) is 1.64. The molecule has 2 radical (unpaired) electrons. The van der Waals surface area contributed by atoms with Crippen molar-refractivity contribution in [1.29, 1.82) is 0 Å². The van der Waals surface area contributed by atoms with Gasteiger partial charge in [-0.1, -0.05) is 12.8 Å². The lowest BCUT2D eigenvalue weighted by Crippen LogP contribution is -2.34. The van der Waals surface area contributed by atoms with Gasteiger partial charge in [0.25, 0.3) is 0 Å². The normalized spacial score (nSPS) is 18.6. The molecule has 0 atom stereocenters. The van der Waals surface area contributed by atoms with E-state index in [1.807, 2.05) is 7.05 Å². The highest BCUT2D eigenvalue weighted by Gasteiger charge is 2.21. The molecule has 0 aromatic carbocycles. The molecule has 0 aromatic heterocycles. The minimum absolute atomic E-state index is 0.0666. The van der Waals surface area contributed by atoms with Gasteiger partial charge in [-0.15, -0.1) is 0 Å². The highest BCUT2D eigenvalue weighted by Crippen LogP contribution is 2.22. The summed E-state index contributed by atoms with van der Waals surface area (Å²) in [7, 11) is 7.10. The fraction of sp³-hybridized carbons (Fsp3) is 0.875. The largest absolute Gasteiger partial charge is 0.343 e. The number of carbonyl (C=O) groups is 1. The molecule has 11 heavy (non-hydrogen) atoms. The molecule has 1 aliphatic rings. The van der Waals surface area contributed by atoms with Gasteiger partial charge in [0.05, 0.1) is 7.85 Å². The summed E-state index contributed by atoms with van der Waals surface area (Å²) in [6.45, 7) is 0. The zero-order valence-corrected chi connectivity index (χ0v) is 7.05. The topological polar surface area (TPSA) is 20.3 Å². The smallest absolute Gasteiger partial charge is 0.213 e. The number of amides is 1. The van der Waals surface area contributed by atoms with Crippen LogP contribution >= 0.6 is 0 Å². The van der Waals surface area contributed by atoms with E-state index in [4.69, 9.17) is 7.85 Å². The molecule has 0 spiro atoms. The van der Waals surface area contributed by atoms with Gasteiger partial charge in [0, 0.05) is 13.1 Å². The van der Waals surface area contributed by atoms with Gasteiger partial charge in [-0.25, -0.2) is 0 Å². The summed E-state index contributed by atoms with van der Waals surface area (Å²) in [5, 5.41) is 0. The van der Waals surface area contributed by atoms with Gasteiger partial charge in [-0.05, 0) is 19.2 Å². The SMILES string of the molecule is [B]CC(=O)N(C)C1CCCC1. The summed E-state index contributed by atoms with van der Waals surface area (Å²) in [5.41, 5.74) is 0. The van der Waals surface area contributed by atoms with E-state index in [0.717, 1.165) is 12.8 Å². The first-order chi connectivity index (χ1) is 5.25. The van der Waals surface area contributed by atoms with Crippen molar-refractivity contribution in [3.05, 3.63) is 0 Å². The monoisotopic (exact) mass is 151 g/mol. The van der Waals surface area contributed by atoms with Crippen molar-refractivity contribution in [2.45, 2.75) is 38.0 Å². The van der Waals surface area contributed by atoms with E-state index in [-0.39, 0.29) is 12.2 Å². The lowest BCUT2D eigenvalue weighted by Gasteiger charge is -2.23. The number of nitrogens with zero attached hydrogens (tertiary/aromatic N) is 1. The molecule has 0 N–H and O–H groups in total. The molecule has 3 heteroatoms. The molecule has 1 amide bonds. The predicted molar refractivity (Wildman–Crippen MR) is 45.6 cm³/mol. The van der Waals surface area contributed by atoms with Gasteiger partial charge in [-0.3, -0.25) is 4.79 Å². The van der Waals surface area contributed by atoms with Crippen molar-refractivity contribution in [2.24, 2.45) is 0 Å². The van der Waals surface area contributed by atoms with Crippen LogP contribution in [0.25, 0.3) is 0 Å². The second-order valence-corrected chi connectivity index (χ2v) is 3.15. The first-order valence-corrected chi connectivity index (χ1v) is 4.21. The third-order valence-electron chi connectivity index (χ3n) is 2.44. The van der Waals surface area contributed by atoms with E-state index in [9.17, 15) is 4.79 Å². The van der Waals surface area contributed by atoms with Gasteiger partial charge in [-0.2, -0.15) is 0 Å². The zero-order valence-electron chi connectivity index (χ0n) is 7.05. The van der Waals surface area contributed by atoms with Crippen LogP contribution in [0.4, 0.5) is 0 Å². The van der Waals surface area contributed by atoms with Crippen molar-refractivity contribution >= 4 is 13.8 Å². The summed E-state index contributed by atoms with van der Waals surface area (Å²) in [6.07, 6.45) is 4.97. The molecular formula is C8H14BNO. The summed E-state index contributed by atoms with van der Waals surface area (Å²) in [5.74, 6) is 0.0666. The van der Waals surface area contributed by atoms with Crippen LogP contribution in [-0.4, -0.2) is 31.7 Å². The van der Waals surface area contributed by atoms with Crippen LogP contribution in [0, 0.1) is 0 Å². The van der Waals surface area contributed by atoms with E-state index in [0.29, 0.717) is 6.04 Å². The number of carbonyl (C=O) groups excluding carboxylic acids is 1. The van der Waals surface area contributed by atoms with E-state index in [1.165, 1.54) is 12.8 Å². The maximum absolute atomic E-state index is 11.1. The van der Waals surface area contributed by atoms with Crippen LogP contribution in [0.2, 0.25) is 6.32 Å². The van der Waals surface area contributed by atoms with Crippen LogP contribution in [-0.2, 0) is 4.79 Å². The van der Waals surface area contributed by atoms with Crippen molar-refractivity contribution in [3.8, 4) is 0 Å². The van der Waals surface area contributed by atoms with Gasteiger partial charge in [0.1, 0.15) is 0 Å². The minimum Gasteiger partial charge on any atom is -0.343 e. The van der Waals surface area contributed by atoms with Gasteiger partial charge in [0.2, 0.25) is 5.91 Å². The van der Waals surface area contributed by atoms with Crippen molar-refractivity contribution in [3.63, 3.8) is 0 Å². The Morgan fingerprint density at radius 2 is 2.09 bits per heavy atom. The molecule has 0 aliphatic heterocycles. The molecule has 0 bridgehead atoms. The Labute approximate surface area is 69.4 Å². The molecule has 0 unspecified atom stereocenters. The van der Waals surface area contributed by atoms with Crippen molar-refractivity contribution in [1.82, 2.24) is 4.90 Å². The predicted octanol–water partition coefficient (Wildman–Crippen LogP) is 0.974. The average molecular weight is 151 g/mol. The quantitative estimate of drug-likeness (QED) is 0.538. The van der Waals surface area contributed by atoms with Crippen molar-refractivity contribution in [2.75, 3.05) is 7.05 Å². The molecule has 1 rings (SSSR count). The van der Waals surface area contributed by atoms with Crippen LogP contribution in [0.5, 0.6) is 0 Å². The van der Waals surface area contributed by atoms with E-state index >= 15 is 0 Å². The summed E-state index contributed by atoms with van der Waals surface area (Å²) in [4.78, 5) is 12.9. The Morgan fingerprint density at radius 1 is 1.55 bits per heavy atom. The average Bonchev–Trinajstić information content (AvgIpc) is 2.53. The molecule has 0 heterocycles. The van der Waals surface area contributed by atoms with Crippen LogP contribution in [0.3, 0.4) is 0 Å². The molecule has 60 valence electrons. The molecule has 1 fully saturated rings. The third kappa shape index (κ3) is 1.98. The van der Waals surface area contributed by atoms with Gasteiger partial charge >= 0.3 is 0 Å². The van der Waals surface area contributed by atoms with E-state index < -0.39 is 0 Å². The highest BCUT2D eigenvalue weighted by molar-refractivity contribution is 6.19. The second kappa shape index (κ2) is 3.79. The second-order valence-electron chi connectivity index (χ2n) is 3.15. The molecule has 0 aromatic rings. The molecule has 1 saturated carbocycles. The first kappa shape index (κ1) is 8.63. The molecule has 1 aliphatic carbocycles. The Kier molecular flexibility index (Phi) is 2.97. The third-order valence-corrected chi connectivity index (χ3v) is 2.44. The number of rotatable bonds is 2. The van der Waals surface area contributed by atoms with E-state index in [2.05, 4.69) is 0 Å². The summed E-state index contributed by atoms with van der Waals surface area (Å²) in [6, 6.07) is 0.464. The fourth-order valence-corrected chi connectivity index (χ4v) is 1.64.